The first kappa shape index (κ1) is 14.2. The predicted octanol–water partition coefficient (Wildman–Crippen LogP) is 3.16. The molecule has 2 aromatic rings. The molecular formula is C14H16BrFN2O. The van der Waals surface area contributed by atoms with E-state index in [1.54, 1.807) is 16.8 Å². The molecule has 1 aromatic carbocycles. The zero-order chi connectivity index (χ0) is 14.0. The lowest BCUT2D eigenvalue weighted by Gasteiger charge is -2.11. The molecule has 1 N–H and O–H groups in total. The highest BCUT2D eigenvalue weighted by atomic mass is 79.9. The number of hydrogen-bond donors (Lipinski definition) is 1. The Morgan fingerprint density at radius 3 is 2.74 bits per heavy atom. The van der Waals surface area contributed by atoms with Crippen molar-refractivity contribution < 1.29 is 9.50 Å². The maximum Gasteiger partial charge on any atom is 0.137 e. The molecule has 0 fully saturated rings. The summed E-state index contributed by atoms with van der Waals surface area (Å²) in [4.78, 5) is 0. The van der Waals surface area contributed by atoms with Crippen molar-refractivity contribution >= 4 is 15.9 Å². The normalized spacial score (nSPS) is 12.7. The lowest BCUT2D eigenvalue weighted by atomic mass is 10.1. The Kier molecular flexibility index (Phi) is 4.37. The first-order valence-electron chi connectivity index (χ1n) is 6.16. The molecule has 0 aliphatic rings. The second kappa shape index (κ2) is 5.84. The Balaban J connectivity index is 2.17. The van der Waals surface area contributed by atoms with Gasteiger partial charge in [-0.1, -0.05) is 13.0 Å². The fourth-order valence-corrected chi connectivity index (χ4v) is 2.45. The summed E-state index contributed by atoms with van der Waals surface area (Å²) in [5.41, 5.74) is 2.61. The summed E-state index contributed by atoms with van der Waals surface area (Å²) in [6, 6.07) is 6.67. The molecule has 0 saturated carbocycles. The fourth-order valence-electron chi connectivity index (χ4n) is 2.02. The third kappa shape index (κ3) is 3.22. The molecule has 3 nitrogen and oxygen atoms in total. The van der Waals surface area contributed by atoms with Crippen LogP contribution >= 0.6 is 15.9 Å². The lowest BCUT2D eigenvalue weighted by Crippen LogP contribution is -2.08. The van der Waals surface area contributed by atoms with Crippen molar-refractivity contribution in [1.29, 1.82) is 0 Å². The highest BCUT2D eigenvalue weighted by molar-refractivity contribution is 9.10. The van der Waals surface area contributed by atoms with Crippen molar-refractivity contribution in [2.24, 2.45) is 7.05 Å². The molecule has 0 spiro atoms. The highest BCUT2D eigenvalue weighted by Crippen LogP contribution is 2.22. The molecule has 5 heteroatoms. The van der Waals surface area contributed by atoms with Crippen LogP contribution in [0.15, 0.2) is 28.7 Å². The van der Waals surface area contributed by atoms with Crippen LogP contribution in [0.5, 0.6) is 0 Å². The van der Waals surface area contributed by atoms with E-state index in [1.165, 1.54) is 6.07 Å². The van der Waals surface area contributed by atoms with Gasteiger partial charge in [-0.2, -0.15) is 5.10 Å². The molecule has 102 valence electrons. The van der Waals surface area contributed by atoms with Gasteiger partial charge in [-0.05, 0) is 46.1 Å². The van der Waals surface area contributed by atoms with Crippen molar-refractivity contribution in [2.45, 2.75) is 25.9 Å². The molecule has 0 amide bonds. The third-order valence-electron chi connectivity index (χ3n) is 3.08. The van der Waals surface area contributed by atoms with Crippen molar-refractivity contribution in [3.63, 3.8) is 0 Å². The summed E-state index contributed by atoms with van der Waals surface area (Å²) in [7, 11) is 1.82. The molecule has 0 aliphatic heterocycles. The number of aliphatic hydroxyl groups is 1. The number of aryl methyl sites for hydroxylation is 2. The van der Waals surface area contributed by atoms with E-state index in [1.807, 2.05) is 20.0 Å². The Bertz CT molecular complexity index is 583. The highest BCUT2D eigenvalue weighted by Gasteiger charge is 2.15. The number of nitrogens with zero attached hydrogens (tertiary/aromatic N) is 2. The van der Waals surface area contributed by atoms with E-state index in [0.29, 0.717) is 10.9 Å². The number of benzene rings is 1. The largest absolute Gasteiger partial charge is 0.386 e. The number of aromatic nitrogens is 2. The molecule has 2 rings (SSSR count). The first-order chi connectivity index (χ1) is 9.01. The van der Waals surface area contributed by atoms with Crippen LogP contribution in [0.25, 0.3) is 0 Å². The van der Waals surface area contributed by atoms with E-state index in [2.05, 4.69) is 21.0 Å². The van der Waals surface area contributed by atoms with Gasteiger partial charge in [-0.15, -0.1) is 0 Å². The van der Waals surface area contributed by atoms with E-state index in [-0.39, 0.29) is 5.82 Å². The first-order valence-corrected chi connectivity index (χ1v) is 6.95. The Morgan fingerprint density at radius 2 is 2.16 bits per heavy atom. The summed E-state index contributed by atoms with van der Waals surface area (Å²) in [6.45, 7) is 2.02. The SMILES string of the molecule is CCc1cc(C(O)Cc2ccc(F)c(Br)c2)n(C)n1. The number of halogens is 2. The van der Waals surface area contributed by atoms with Gasteiger partial charge in [0, 0.05) is 13.5 Å². The molecule has 0 bridgehead atoms. The van der Waals surface area contributed by atoms with E-state index >= 15 is 0 Å². The summed E-state index contributed by atoms with van der Waals surface area (Å²) < 4.78 is 15.3. The molecule has 1 unspecified atom stereocenters. The van der Waals surface area contributed by atoms with Crippen LogP contribution in [-0.4, -0.2) is 14.9 Å². The zero-order valence-electron chi connectivity index (χ0n) is 10.9. The minimum absolute atomic E-state index is 0.299. The summed E-state index contributed by atoms with van der Waals surface area (Å²) in [5.74, 6) is -0.299. The van der Waals surface area contributed by atoms with Gasteiger partial charge < -0.3 is 5.11 Å². The number of aliphatic hydroxyl groups excluding tert-OH is 1. The zero-order valence-corrected chi connectivity index (χ0v) is 12.5. The Labute approximate surface area is 120 Å². The van der Waals surface area contributed by atoms with Crippen LogP contribution in [0.1, 0.15) is 30.0 Å². The quantitative estimate of drug-likeness (QED) is 0.937. The van der Waals surface area contributed by atoms with Crippen LogP contribution in [0.2, 0.25) is 0 Å². The Morgan fingerprint density at radius 1 is 1.42 bits per heavy atom. The molecule has 19 heavy (non-hydrogen) atoms. The molecule has 0 aliphatic carbocycles. The van der Waals surface area contributed by atoms with Crippen LogP contribution < -0.4 is 0 Å². The molecular weight excluding hydrogens is 311 g/mol. The van der Waals surface area contributed by atoms with Gasteiger partial charge in [0.1, 0.15) is 5.82 Å². The van der Waals surface area contributed by atoms with Crippen LogP contribution in [-0.2, 0) is 19.9 Å². The smallest absolute Gasteiger partial charge is 0.137 e. The molecule has 0 radical (unpaired) electrons. The standard InChI is InChI=1S/C14H16BrFN2O/c1-3-10-8-13(18(2)17-10)14(19)7-9-4-5-12(16)11(15)6-9/h4-6,8,14,19H,3,7H2,1-2H3. The lowest BCUT2D eigenvalue weighted by molar-refractivity contribution is 0.168. The summed E-state index contributed by atoms with van der Waals surface area (Å²) in [6.07, 6.45) is 0.625. The van der Waals surface area contributed by atoms with Gasteiger partial charge in [0.15, 0.2) is 0 Å². The second-order valence-corrected chi connectivity index (χ2v) is 5.36. The monoisotopic (exact) mass is 326 g/mol. The van der Waals surface area contributed by atoms with Gasteiger partial charge >= 0.3 is 0 Å². The van der Waals surface area contributed by atoms with Crippen LogP contribution in [0, 0.1) is 5.82 Å². The molecule has 0 saturated heterocycles. The van der Waals surface area contributed by atoms with Crippen LogP contribution in [0.3, 0.4) is 0 Å². The summed E-state index contributed by atoms with van der Waals surface area (Å²) in [5, 5.41) is 14.6. The van der Waals surface area contributed by atoms with Crippen molar-refractivity contribution in [3.05, 3.63) is 51.5 Å². The number of hydrogen-bond acceptors (Lipinski definition) is 2. The number of rotatable bonds is 4. The molecule has 1 aromatic heterocycles. The minimum atomic E-state index is -0.643. The van der Waals surface area contributed by atoms with Crippen molar-refractivity contribution in [1.82, 2.24) is 9.78 Å². The summed E-state index contributed by atoms with van der Waals surface area (Å²) >= 11 is 3.15. The maximum absolute atomic E-state index is 13.1. The van der Waals surface area contributed by atoms with Crippen molar-refractivity contribution in [2.75, 3.05) is 0 Å². The van der Waals surface area contributed by atoms with E-state index in [0.717, 1.165) is 23.4 Å². The van der Waals surface area contributed by atoms with Gasteiger partial charge in [0.2, 0.25) is 0 Å². The molecule has 1 atom stereocenters. The van der Waals surface area contributed by atoms with E-state index < -0.39 is 6.10 Å². The van der Waals surface area contributed by atoms with Crippen LogP contribution in [0.4, 0.5) is 4.39 Å². The topological polar surface area (TPSA) is 38.0 Å². The van der Waals surface area contributed by atoms with Gasteiger partial charge in [-0.3, -0.25) is 4.68 Å². The Hall–Kier alpha value is -1.20. The van der Waals surface area contributed by atoms with Gasteiger partial charge in [0.05, 0.1) is 22.0 Å². The van der Waals surface area contributed by atoms with Gasteiger partial charge in [0.25, 0.3) is 0 Å². The van der Waals surface area contributed by atoms with E-state index in [9.17, 15) is 9.50 Å². The van der Waals surface area contributed by atoms with E-state index in [4.69, 9.17) is 0 Å². The minimum Gasteiger partial charge on any atom is -0.386 e. The second-order valence-electron chi connectivity index (χ2n) is 4.51. The van der Waals surface area contributed by atoms with Gasteiger partial charge in [-0.25, -0.2) is 4.39 Å². The molecule has 1 heterocycles. The average molecular weight is 327 g/mol. The fraction of sp³-hybridized carbons (Fsp3) is 0.357. The predicted molar refractivity (Wildman–Crippen MR) is 75.3 cm³/mol. The third-order valence-corrected chi connectivity index (χ3v) is 3.69. The van der Waals surface area contributed by atoms with Crippen molar-refractivity contribution in [3.8, 4) is 0 Å². The maximum atomic E-state index is 13.1. The average Bonchev–Trinajstić information content (AvgIpc) is 2.75.